The van der Waals surface area contributed by atoms with E-state index in [-0.39, 0.29) is 47.4 Å². The lowest BCUT2D eigenvalue weighted by Crippen LogP contribution is -2.54. The minimum atomic E-state index is -1.08. The number of aromatic hydroxyl groups is 1. The number of hydrogen-bond donors (Lipinski definition) is 6. The number of aliphatic carboxylic acids is 1. The molecule has 12 heteroatoms. The highest BCUT2D eigenvalue weighted by molar-refractivity contribution is 8.76. The topological polar surface area (TPSA) is 157 Å². The quantitative estimate of drug-likeness (QED) is 0.300. The highest BCUT2D eigenvalue weighted by Crippen LogP contribution is 2.40. The van der Waals surface area contributed by atoms with Crippen molar-refractivity contribution in [3.63, 3.8) is 0 Å². The van der Waals surface area contributed by atoms with Gasteiger partial charge in [0.2, 0.25) is 17.7 Å². The highest BCUT2D eigenvalue weighted by atomic mass is 33.1. The van der Waals surface area contributed by atoms with E-state index < -0.39 is 29.5 Å². The van der Waals surface area contributed by atoms with E-state index in [4.69, 9.17) is 0 Å². The van der Waals surface area contributed by atoms with Gasteiger partial charge in [-0.1, -0.05) is 53.0 Å². The third-order valence-electron chi connectivity index (χ3n) is 7.81. The first-order valence-corrected chi connectivity index (χ1v) is 15.7. The van der Waals surface area contributed by atoms with Crippen molar-refractivity contribution >= 4 is 45.3 Å². The van der Waals surface area contributed by atoms with Gasteiger partial charge in [0, 0.05) is 24.0 Å². The van der Waals surface area contributed by atoms with E-state index in [0.29, 0.717) is 25.8 Å². The summed E-state index contributed by atoms with van der Waals surface area (Å²) >= 11 is 0. The van der Waals surface area contributed by atoms with Crippen LogP contribution in [-0.2, 0) is 19.2 Å². The summed E-state index contributed by atoms with van der Waals surface area (Å²) in [6, 6.07) is 4.47. The lowest BCUT2D eigenvalue weighted by atomic mass is 9.71. The molecular weight excluding hydrogens is 528 g/mol. The average Bonchev–Trinajstić information content (AvgIpc) is 3.40. The number of amides is 3. The summed E-state index contributed by atoms with van der Waals surface area (Å²) in [7, 11) is 2.56. The zero-order chi connectivity index (χ0) is 27.1. The molecule has 2 heterocycles. The molecule has 6 N–H and O–H groups in total. The summed E-state index contributed by atoms with van der Waals surface area (Å²) in [5.41, 5.74) is 0.238. The molecule has 1 saturated carbocycles. The average molecular weight is 565 g/mol. The molecule has 1 aromatic rings. The van der Waals surface area contributed by atoms with Crippen LogP contribution in [0.1, 0.15) is 56.4 Å². The number of nitrogens with one attached hydrogen (secondary N) is 4. The molecule has 0 bridgehead atoms. The number of rotatable bonds is 4. The van der Waals surface area contributed by atoms with Gasteiger partial charge in [0.1, 0.15) is 17.8 Å². The second-order valence-corrected chi connectivity index (χ2v) is 12.8. The molecule has 10 nitrogen and oxygen atoms in total. The number of phenolic OH excluding ortho intramolecular Hbond substituents is 1. The van der Waals surface area contributed by atoms with E-state index in [0.717, 1.165) is 31.2 Å². The molecule has 3 aliphatic rings. The van der Waals surface area contributed by atoms with Gasteiger partial charge in [-0.05, 0) is 49.9 Å². The summed E-state index contributed by atoms with van der Waals surface area (Å²) < 4.78 is 0. The minimum Gasteiger partial charge on any atom is -0.508 e. The van der Waals surface area contributed by atoms with Crippen molar-refractivity contribution in [3.05, 3.63) is 29.8 Å². The van der Waals surface area contributed by atoms with Crippen LogP contribution < -0.4 is 21.3 Å². The van der Waals surface area contributed by atoms with Crippen molar-refractivity contribution in [3.8, 4) is 5.75 Å². The van der Waals surface area contributed by atoms with Crippen molar-refractivity contribution in [1.82, 2.24) is 21.3 Å². The Morgan fingerprint density at radius 3 is 2.39 bits per heavy atom. The molecule has 0 aromatic heterocycles. The van der Waals surface area contributed by atoms with Crippen LogP contribution in [0.25, 0.3) is 0 Å². The van der Waals surface area contributed by atoms with Gasteiger partial charge in [-0.3, -0.25) is 14.4 Å². The van der Waals surface area contributed by atoms with Crippen LogP contribution in [0.2, 0.25) is 0 Å². The molecule has 1 spiro atoms. The normalized spacial score (nSPS) is 28.7. The van der Waals surface area contributed by atoms with Crippen molar-refractivity contribution < 1.29 is 29.4 Å². The number of carboxylic acids is 1. The predicted octanol–water partition coefficient (Wildman–Crippen LogP) is 1.74. The molecule has 2 aliphatic heterocycles. The maximum Gasteiger partial charge on any atom is 0.327 e. The van der Waals surface area contributed by atoms with Gasteiger partial charge >= 0.3 is 5.97 Å². The lowest BCUT2D eigenvalue weighted by Gasteiger charge is -2.36. The fourth-order valence-corrected chi connectivity index (χ4v) is 7.91. The number of carbonyl (C=O) groups excluding carboxylic acids is 3. The Morgan fingerprint density at radius 2 is 1.68 bits per heavy atom. The van der Waals surface area contributed by atoms with Crippen LogP contribution in [0.15, 0.2) is 24.3 Å². The molecule has 2 saturated heterocycles. The molecular formula is C26H36N4O6S2. The molecule has 4 rings (SSSR count). The molecule has 208 valence electrons. The van der Waals surface area contributed by atoms with E-state index >= 15 is 0 Å². The first-order valence-electron chi connectivity index (χ1n) is 13.2. The van der Waals surface area contributed by atoms with Gasteiger partial charge in [-0.25, -0.2) is 4.79 Å². The van der Waals surface area contributed by atoms with Crippen LogP contribution in [-0.4, -0.2) is 76.6 Å². The van der Waals surface area contributed by atoms with Crippen LogP contribution in [0, 0.1) is 5.41 Å². The van der Waals surface area contributed by atoms with Crippen LogP contribution in [0.5, 0.6) is 5.75 Å². The van der Waals surface area contributed by atoms with Crippen LogP contribution in [0.3, 0.4) is 0 Å². The van der Waals surface area contributed by atoms with E-state index in [9.17, 15) is 29.4 Å². The van der Waals surface area contributed by atoms with E-state index in [2.05, 4.69) is 21.3 Å². The van der Waals surface area contributed by atoms with Gasteiger partial charge in [0.15, 0.2) is 0 Å². The van der Waals surface area contributed by atoms with Gasteiger partial charge < -0.3 is 31.5 Å². The van der Waals surface area contributed by atoms with Crippen molar-refractivity contribution in [1.29, 1.82) is 0 Å². The third-order valence-corrected chi connectivity index (χ3v) is 10.2. The molecule has 0 radical (unpaired) electrons. The van der Waals surface area contributed by atoms with Crippen LogP contribution in [0.4, 0.5) is 0 Å². The lowest BCUT2D eigenvalue weighted by molar-refractivity contribution is -0.144. The van der Waals surface area contributed by atoms with Crippen LogP contribution >= 0.6 is 21.6 Å². The minimum absolute atomic E-state index is 0.0879. The SMILES string of the molecule is O=C(N[C@H]1CSSC[C@@H](C(=O)O)NC(=O)C2(CCCCC2)CCNC1=O)C1NCCC1c1ccc(O)cc1. The smallest absolute Gasteiger partial charge is 0.327 e. The van der Waals surface area contributed by atoms with Crippen molar-refractivity contribution in [2.24, 2.45) is 5.41 Å². The molecule has 3 amide bonds. The monoisotopic (exact) mass is 564 g/mol. The Bertz CT molecular complexity index is 1020. The second-order valence-electron chi connectivity index (χ2n) is 10.3. The van der Waals surface area contributed by atoms with Gasteiger partial charge in [-0.15, -0.1) is 0 Å². The molecule has 1 aromatic carbocycles. The van der Waals surface area contributed by atoms with Gasteiger partial charge in [0.05, 0.1) is 11.5 Å². The number of benzene rings is 1. The van der Waals surface area contributed by atoms with Gasteiger partial charge in [0.25, 0.3) is 0 Å². The Labute approximate surface area is 230 Å². The maximum atomic E-state index is 13.3. The summed E-state index contributed by atoms with van der Waals surface area (Å²) in [5, 5.41) is 31.1. The Morgan fingerprint density at radius 1 is 0.974 bits per heavy atom. The third kappa shape index (κ3) is 6.95. The molecule has 1 aliphatic carbocycles. The molecule has 38 heavy (non-hydrogen) atoms. The zero-order valence-electron chi connectivity index (χ0n) is 21.2. The zero-order valence-corrected chi connectivity index (χ0v) is 22.9. The number of phenols is 1. The van der Waals surface area contributed by atoms with E-state index in [1.165, 1.54) is 21.6 Å². The Hall–Kier alpha value is -2.44. The predicted molar refractivity (Wildman–Crippen MR) is 147 cm³/mol. The first kappa shape index (κ1) is 28.6. The summed E-state index contributed by atoms with van der Waals surface area (Å²) in [6.45, 7) is 0.927. The van der Waals surface area contributed by atoms with Gasteiger partial charge in [-0.2, -0.15) is 0 Å². The summed E-state index contributed by atoms with van der Waals surface area (Å²) in [5.74, 6) is -1.45. The fourth-order valence-electron chi connectivity index (χ4n) is 5.59. The Balaban J connectivity index is 1.46. The largest absolute Gasteiger partial charge is 0.508 e. The summed E-state index contributed by atoms with van der Waals surface area (Å²) in [4.78, 5) is 51.6. The standard InChI is InChI=1S/C26H36N4O6S2/c31-17-6-4-16(5-7-17)18-8-12-27-21(18)23(33)29-19-14-37-38-15-20(24(34)35)30-25(36)26(9-2-1-3-10-26)11-13-28-22(19)32/h4-7,18-21,27,31H,1-3,8-15H2,(H,28,32)(H,29,33)(H,30,36)(H,34,35)/t18?,19-,20-,21?/m0/s1. The molecule has 3 fully saturated rings. The first-order chi connectivity index (χ1) is 18.3. The molecule has 4 atom stereocenters. The molecule has 2 unspecified atom stereocenters. The summed E-state index contributed by atoms with van der Waals surface area (Å²) in [6.07, 6.45) is 5.31. The maximum absolute atomic E-state index is 13.3. The number of carboxylic acid groups (broad SMARTS) is 1. The second kappa shape index (κ2) is 13.1. The van der Waals surface area contributed by atoms with E-state index in [1.54, 1.807) is 24.3 Å². The van der Waals surface area contributed by atoms with Crippen molar-refractivity contribution in [2.75, 3.05) is 24.6 Å². The van der Waals surface area contributed by atoms with E-state index in [1.807, 2.05) is 0 Å². The Kier molecular flexibility index (Phi) is 9.83. The fraction of sp³-hybridized carbons (Fsp3) is 0.615. The number of carbonyl (C=O) groups is 4. The number of hydrogen-bond acceptors (Lipinski definition) is 8. The van der Waals surface area contributed by atoms with Crippen molar-refractivity contribution in [2.45, 2.75) is 69.0 Å². The highest BCUT2D eigenvalue weighted by Gasteiger charge is 2.41.